The summed E-state index contributed by atoms with van der Waals surface area (Å²) in [6, 6.07) is 10.3. The molecule has 3 nitrogen and oxygen atoms in total. The maximum absolute atomic E-state index is 11.2. The lowest BCUT2D eigenvalue weighted by Crippen LogP contribution is -2.39. The summed E-state index contributed by atoms with van der Waals surface area (Å²) in [5.74, 6) is -0.897. The smallest absolute Gasteiger partial charge is 0.307 e. The lowest BCUT2D eigenvalue weighted by atomic mass is 9.97. The monoisotopic (exact) mass is 389 g/mol. The number of halogens is 1. The van der Waals surface area contributed by atoms with Gasteiger partial charge in [-0.05, 0) is 60.9 Å². The van der Waals surface area contributed by atoms with Gasteiger partial charge in [-0.2, -0.15) is 0 Å². The number of aliphatic carboxylic acids is 1. The van der Waals surface area contributed by atoms with Crippen LogP contribution in [0.5, 0.6) is 0 Å². The molecule has 1 fully saturated rings. The molecule has 1 aliphatic rings. The summed E-state index contributed by atoms with van der Waals surface area (Å²) in [5.41, 5.74) is 3.61. The average molecular weight is 390 g/mol. The van der Waals surface area contributed by atoms with E-state index in [1.54, 1.807) is 11.3 Å². The predicted molar refractivity (Wildman–Crippen MR) is 109 cm³/mol. The number of piperidine rings is 1. The fourth-order valence-electron chi connectivity index (χ4n) is 3.54. The average Bonchev–Trinajstić information content (AvgIpc) is 3.06. The molecule has 0 spiro atoms. The van der Waals surface area contributed by atoms with E-state index in [9.17, 15) is 9.90 Å². The first kappa shape index (κ1) is 19.2. The zero-order valence-corrected chi connectivity index (χ0v) is 16.5. The zero-order valence-electron chi connectivity index (χ0n) is 15.0. The van der Waals surface area contributed by atoms with Crippen LogP contribution in [0.3, 0.4) is 0 Å². The molecule has 3 rings (SSSR count). The van der Waals surface area contributed by atoms with Gasteiger partial charge in [0.2, 0.25) is 0 Å². The number of rotatable bonds is 6. The van der Waals surface area contributed by atoms with Crippen molar-refractivity contribution < 1.29 is 9.90 Å². The Kier molecular flexibility index (Phi) is 6.52. The first-order valence-electron chi connectivity index (χ1n) is 9.01. The quantitative estimate of drug-likeness (QED) is 0.726. The van der Waals surface area contributed by atoms with Crippen molar-refractivity contribution in [2.45, 2.75) is 26.2 Å². The van der Waals surface area contributed by atoms with Crippen LogP contribution in [0.15, 0.2) is 41.8 Å². The Balaban J connectivity index is 1.77. The third-order valence-electron chi connectivity index (χ3n) is 4.95. The molecule has 1 aromatic carbocycles. The number of thiophene rings is 1. The summed E-state index contributed by atoms with van der Waals surface area (Å²) in [6.45, 7) is 4.63. The number of carbonyl (C=O) groups is 1. The van der Waals surface area contributed by atoms with E-state index in [-0.39, 0.29) is 5.92 Å². The fraction of sp³-hybridized carbons (Fsp3) is 0.381. The molecule has 0 radical (unpaired) electrons. The molecule has 2 aromatic rings. The van der Waals surface area contributed by atoms with Crippen molar-refractivity contribution >= 4 is 34.5 Å². The van der Waals surface area contributed by atoms with E-state index in [1.165, 1.54) is 16.7 Å². The molecule has 0 aliphatic carbocycles. The maximum Gasteiger partial charge on any atom is 0.307 e. The van der Waals surface area contributed by atoms with Crippen LogP contribution in [-0.2, 0) is 4.79 Å². The lowest BCUT2D eigenvalue weighted by molar-refractivity contribution is -0.143. The molecule has 1 atom stereocenters. The summed E-state index contributed by atoms with van der Waals surface area (Å²) < 4.78 is 0. The molecule has 138 valence electrons. The van der Waals surface area contributed by atoms with E-state index in [1.807, 2.05) is 17.5 Å². The molecule has 5 heteroatoms. The number of aryl methyl sites for hydroxylation is 1. The highest BCUT2D eigenvalue weighted by Gasteiger charge is 2.24. The van der Waals surface area contributed by atoms with E-state index >= 15 is 0 Å². The van der Waals surface area contributed by atoms with E-state index in [0.717, 1.165) is 42.3 Å². The lowest BCUT2D eigenvalue weighted by Gasteiger charge is -2.30. The normalized spacial score (nSPS) is 18.8. The second-order valence-electron chi connectivity index (χ2n) is 6.80. The van der Waals surface area contributed by atoms with Crippen molar-refractivity contribution in [3.8, 4) is 0 Å². The van der Waals surface area contributed by atoms with Crippen molar-refractivity contribution in [2.24, 2.45) is 5.92 Å². The van der Waals surface area contributed by atoms with E-state index in [0.29, 0.717) is 6.54 Å². The van der Waals surface area contributed by atoms with Gasteiger partial charge in [0.15, 0.2) is 0 Å². The predicted octanol–water partition coefficient (Wildman–Crippen LogP) is 5.33. The van der Waals surface area contributed by atoms with E-state index < -0.39 is 5.97 Å². The van der Waals surface area contributed by atoms with Crippen LogP contribution in [-0.4, -0.2) is 35.6 Å². The topological polar surface area (TPSA) is 40.5 Å². The van der Waals surface area contributed by atoms with Gasteiger partial charge in [-0.25, -0.2) is 0 Å². The van der Waals surface area contributed by atoms with Crippen LogP contribution in [0.2, 0.25) is 5.02 Å². The minimum atomic E-state index is -0.670. The van der Waals surface area contributed by atoms with Gasteiger partial charge in [0.1, 0.15) is 0 Å². The Labute approximate surface area is 163 Å². The summed E-state index contributed by atoms with van der Waals surface area (Å²) in [7, 11) is 0. The van der Waals surface area contributed by atoms with Gasteiger partial charge in [-0.15, -0.1) is 11.3 Å². The van der Waals surface area contributed by atoms with E-state index in [2.05, 4.69) is 36.1 Å². The molecule has 0 amide bonds. The molecule has 0 saturated carbocycles. The zero-order chi connectivity index (χ0) is 18.5. The minimum absolute atomic E-state index is 0.227. The molecule has 1 unspecified atom stereocenters. The van der Waals surface area contributed by atoms with Crippen LogP contribution in [0, 0.1) is 12.8 Å². The maximum atomic E-state index is 11.2. The minimum Gasteiger partial charge on any atom is -0.481 e. The van der Waals surface area contributed by atoms with Crippen molar-refractivity contribution in [2.75, 3.05) is 19.6 Å². The molecular formula is C21H24ClNO2S. The molecule has 0 bridgehead atoms. The number of carboxylic acid groups (broad SMARTS) is 1. The van der Waals surface area contributed by atoms with Crippen LogP contribution in [0.25, 0.3) is 5.57 Å². The van der Waals surface area contributed by atoms with Crippen molar-refractivity contribution in [1.29, 1.82) is 0 Å². The highest BCUT2D eigenvalue weighted by molar-refractivity contribution is 7.11. The SMILES string of the molecule is Cc1ccccc1/C(=C\CCN1CCCC(C(=O)O)C1)c1sccc1Cl. The summed E-state index contributed by atoms with van der Waals surface area (Å²) in [6.07, 6.45) is 4.89. The molecule has 1 aliphatic heterocycles. The molecular weight excluding hydrogens is 366 g/mol. The number of hydrogen-bond acceptors (Lipinski definition) is 3. The molecule has 1 saturated heterocycles. The Morgan fingerprint density at radius 2 is 2.19 bits per heavy atom. The largest absolute Gasteiger partial charge is 0.481 e. The second kappa shape index (κ2) is 8.85. The standard InChI is InChI=1S/C21H24ClNO2S/c1-15-6-2-3-8-17(15)18(20-19(22)10-13-26-20)9-5-12-23-11-4-7-16(14-23)21(24)25/h2-3,6,8-10,13,16H,4-5,7,11-12,14H2,1H3,(H,24,25)/b18-9+. The fourth-order valence-corrected chi connectivity index (χ4v) is 4.75. The van der Waals surface area contributed by atoms with Crippen molar-refractivity contribution in [3.63, 3.8) is 0 Å². The van der Waals surface area contributed by atoms with E-state index in [4.69, 9.17) is 11.6 Å². The molecule has 26 heavy (non-hydrogen) atoms. The van der Waals surface area contributed by atoms with Crippen LogP contribution in [0.1, 0.15) is 35.3 Å². The van der Waals surface area contributed by atoms with Crippen LogP contribution in [0.4, 0.5) is 0 Å². The Morgan fingerprint density at radius 1 is 1.38 bits per heavy atom. The number of carboxylic acids is 1. The van der Waals surface area contributed by atoms with Gasteiger partial charge < -0.3 is 10.0 Å². The van der Waals surface area contributed by atoms with Crippen molar-refractivity contribution in [1.82, 2.24) is 4.90 Å². The van der Waals surface area contributed by atoms with Gasteiger partial charge in [0, 0.05) is 13.1 Å². The third-order valence-corrected chi connectivity index (χ3v) is 6.32. The molecule has 1 aromatic heterocycles. The van der Waals surface area contributed by atoms with Crippen LogP contribution >= 0.6 is 22.9 Å². The highest BCUT2D eigenvalue weighted by atomic mass is 35.5. The Morgan fingerprint density at radius 3 is 2.88 bits per heavy atom. The second-order valence-corrected chi connectivity index (χ2v) is 8.12. The summed E-state index contributed by atoms with van der Waals surface area (Å²) >= 11 is 8.07. The van der Waals surface area contributed by atoms with Gasteiger partial charge in [-0.3, -0.25) is 4.79 Å². The van der Waals surface area contributed by atoms with Gasteiger partial charge in [-0.1, -0.05) is 41.9 Å². The summed E-state index contributed by atoms with van der Waals surface area (Å²) in [4.78, 5) is 14.6. The third kappa shape index (κ3) is 4.56. The number of nitrogens with zero attached hydrogens (tertiary/aromatic N) is 1. The summed E-state index contributed by atoms with van der Waals surface area (Å²) in [5, 5.41) is 12.1. The number of likely N-dealkylation sites (tertiary alicyclic amines) is 1. The van der Waals surface area contributed by atoms with Gasteiger partial charge >= 0.3 is 5.97 Å². The first-order chi connectivity index (χ1) is 12.6. The Bertz CT molecular complexity index is 799. The Hall–Kier alpha value is -1.62. The number of hydrogen-bond donors (Lipinski definition) is 1. The van der Waals surface area contributed by atoms with Crippen molar-refractivity contribution in [3.05, 3.63) is 62.8 Å². The molecule has 2 heterocycles. The van der Waals surface area contributed by atoms with Crippen LogP contribution < -0.4 is 0 Å². The molecule has 1 N–H and O–H groups in total. The van der Waals surface area contributed by atoms with Gasteiger partial charge in [0.05, 0.1) is 15.8 Å². The first-order valence-corrected chi connectivity index (χ1v) is 10.3. The highest BCUT2D eigenvalue weighted by Crippen LogP contribution is 2.35. The van der Waals surface area contributed by atoms with Gasteiger partial charge in [0.25, 0.3) is 0 Å². The number of benzene rings is 1.